The molecule has 0 fully saturated rings. The van der Waals surface area contributed by atoms with Crippen LogP contribution in [-0.4, -0.2) is 39.3 Å². The molecule has 8 nitrogen and oxygen atoms in total. The number of aromatic nitrogens is 1. The minimum absolute atomic E-state index is 0.0397. The summed E-state index contributed by atoms with van der Waals surface area (Å²) in [4.78, 5) is 26.1. The molecule has 0 saturated heterocycles. The lowest BCUT2D eigenvalue weighted by atomic mass is 10.2. The summed E-state index contributed by atoms with van der Waals surface area (Å²) in [5.74, 6) is -0.282. The van der Waals surface area contributed by atoms with Crippen molar-refractivity contribution in [2.75, 3.05) is 0 Å². The fourth-order valence-electron chi connectivity index (χ4n) is 1.33. The quantitative estimate of drug-likeness (QED) is 0.571. The summed E-state index contributed by atoms with van der Waals surface area (Å²) >= 11 is 0. The number of carbonyl (C=O) groups is 2. The zero-order valence-electron chi connectivity index (χ0n) is 10.7. The number of carbonyl (C=O) groups excluding carboxylic acids is 1. The van der Waals surface area contributed by atoms with Crippen molar-refractivity contribution in [3.63, 3.8) is 0 Å². The van der Waals surface area contributed by atoms with Crippen LogP contribution in [0.5, 0.6) is 0 Å². The van der Waals surface area contributed by atoms with Crippen molar-refractivity contribution in [2.45, 2.75) is 39.0 Å². The van der Waals surface area contributed by atoms with Gasteiger partial charge < -0.3 is 25.3 Å². The van der Waals surface area contributed by atoms with E-state index in [0.717, 1.165) is 0 Å². The van der Waals surface area contributed by atoms with E-state index in [9.17, 15) is 14.7 Å². The van der Waals surface area contributed by atoms with Crippen molar-refractivity contribution in [3.8, 4) is 0 Å². The lowest BCUT2D eigenvalue weighted by Crippen LogP contribution is -2.50. The van der Waals surface area contributed by atoms with Gasteiger partial charge in [0.25, 0.3) is 0 Å². The number of aliphatic hydroxyl groups is 1. The zero-order valence-corrected chi connectivity index (χ0v) is 10.7. The summed E-state index contributed by atoms with van der Waals surface area (Å²) in [6, 6.07) is -2.08. The lowest BCUT2D eigenvalue weighted by molar-refractivity contribution is -0.141. The third-order valence-corrected chi connectivity index (χ3v) is 2.39. The molecule has 2 amide bonds. The summed E-state index contributed by atoms with van der Waals surface area (Å²) in [5, 5.41) is 22.5. The molecule has 0 radical (unpaired) electrons. The van der Waals surface area contributed by atoms with Gasteiger partial charge in [0.05, 0.1) is 18.8 Å². The molecular weight excluding hydrogens is 254 g/mol. The second kappa shape index (κ2) is 6.74. The minimum atomic E-state index is -1.37. The Kier molecular flexibility index (Phi) is 5.31. The number of aliphatic hydroxyl groups excluding tert-OH is 1. The van der Waals surface area contributed by atoms with E-state index in [2.05, 4.69) is 15.6 Å². The molecule has 4 N–H and O–H groups in total. The molecule has 0 aromatic carbocycles. The van der Waals surface area contributed by atoms with Gasteiger partial charge in [0.15, 0.2) is 6.04 Å². The number of oxazole rings is 1. The van der Waals surface area contributed by atoms with Crippen molar-refractivity contribution in [1.82, 2.24) is 15.6 Å². The lowest BCUT2D eigenvalue weighted by Gasteiger charge is -2.16. The van der Waals surface area contributed by atoms with Crippen LogP contribution in [0.2, 0.25) is 0 Å². The second-order valence-corrected chi connectivity index (χ2v) is 3.96. The number of aryl methyl sites for hydroxylation is 1. The second-order valence-electron chi connectivity index (χ2n) is 3.96. The maximum Gasteiger partial charge on any atom is 0.328 e. The summed E-state index contributed by atoms with van der Waals surface area (Å²) in [5.41, 5.74) is 0. The molecule has 1 aromatic rings. The number of hydrogen-bond acceptors (Lipinski definition) is 5. The van der Waals surface area contributed by atoms with E-state index in [1.165, 1.54) is 6.92 Å². The van der Waals surface area contributed by atoms with E-state index in [-0.39, 0.29) is 6.54 Å². The molecule has 19 heavy (non-hydrogen) atoms. The highest BCUT2D eigenvalue weighted by atomic mass is 16.4. The van der Waals surface area contributed by atoms with Crippen LogP contribution in [0.15, 0.2) is 10.6 Å². The Bertz CT molecular complexity index is 443. The van der Waals surface area contributed by atoms with E-state index in [0.29, 0.717) is 18.1 Å². The van der Waals surface area contributed by atoms with Gasteiger partial charge in [0.1, 0.15) is 5.76 Å². The SMILES string of the molecule is CCc1cnc(CNC(=O)NC(C(=O)O)C(C)O)o1. The number of nitrogens with one attached hydrogen (secondary N) is 2. The number of aliphatic carboxylic acids is 1. The number of amides is 2. The molecule has 8 heteroatoms. The highest BCUT2D eigenvalue weighted by molar-refractivity contribution is 5.82. The molecule has 0 saturated carbocycles. The summed E-state index contributed by atoms with van der Waals surface area (Å²) < 4.78 is 5.26. The number of carboxylic acids is 1. The number of urea groups is 1. The number of rotatable bonds is 6. The topological polar surface area (TPSA) is 125 Å². The van der Waals surface area contributed by atoms with Crippen molar-refractivity contribution < 1.29 is 24.2 Å². The van der Waals surface area contributed by atoms with Gasteiger partial charge >= 0.3 is 12.0 Å². The van der Waals surface area contributed by atoms with Gasteiger partial charge in [-0.2, -0.15) is 0 Å². The summed E-state index contributed by atoms with van der Waals surface area (Å²) in [6.45, 7) is 3.23. The van der Waals surface area contributed by atoms with Crippen LogP contribution in [0.3, 0.4) is 0 Å². The first kappa shape index (κ1) is 15.0. The molecule has 0 spiro atoms. The van der Waals surface area contributed by atoms with Gasteiger partial charge in [0, 0.05) is 6.42 Å². The fraction of sp³-hybridized carbons (Fsp3) is 0.545. The first-order valence-corrected chi connectivity index (χ1v) is 5.82. The van der Waals surface area contributed by atoms with Crippen LogP contribution in [0.4, 0.5) is 4.79 Å². The van der Waals surface area contributed by atoms with Gasteiger partial charge in [-0.1, -0.05) is 6.92 Å². The van der Waals surface area contributed by atoms with Gasteiger partial charge in [-0.15, -0.1) is 0 Å². The fourth-order valence-corrected chi connectivity index (χ4v) is 1.33. The summed E-state index contributed by atoms with van der Waals surface area (Å²) in [6.07, 6.45) is 1.06. The first-order chi connectivity index (χ1) is 8.93. The van der Waals surface area contributed by atoms with E-state index in [4.69, 9.17) is 9.52 Å². The standard InChI is InChI=1S/C11H17N3O5/c1-3-7-4-12-8(19-7)5-13-11(18)14-9(6(2)15)10(16)17/h4,6,9,15H,3,5H2,1-2H3,(H,16,17)(H2,13,14,18). The molecule has 2 atom stereocenters. The highest BCUT2D eigenvalue weighted by Gasteiger charge is 2.24. The molecule has 2 unspecified atom stereocenters. The molecule has 0 bridgehead atoms. The molecule has 0 aliphatic rings. The third-order valence-electron chi connectivity index (χ3n) is 2.39. The monoisotopic (exact) mass is 271 g/mol. The number of carboxylic acid groups (broad SMARTS) is 1. The molecule has 0 aliphatic heterocycles. The largest absolute Gasteiger partial charge is 0.480 e. The third kappa shape index (κ3) is 4.59. The highest BCUT2D eigenvalue weighted by Crippen LogP contribution is 2.03. The predicted octanol–water partition coefficient (Wildman–Crippen LogP) is -0.130. The average Bonchev–Trinajstić information content (AvgIpc) is 2.80. The molecule has 0 aliphatic carbocycles. The first-order valence-electron chi connectivity index (χ1n) is 5.82. The van der Waals surface area contributed by atoms with Crippen molar-refractivity contribution >= 4 is 12.0 Å². The van der Waals surface area contributed by atoms with E-state index in [1.54, 1.807) is 6.20 Å². The predicted molar refractivity (Wildman–Crippen MR) is 64.4 cm³/mol. The minimum Gasteiger partial charge on any atom is -0.480 e. The van der Waals surface area contributed by atoms with Crippen molar-refractivity contribution in [1.29, 1.82) is 0 Å². The molecule has 1 rings (SSSR count). The van der Waals surface area contributed by atoms with Crippen LogP contribution in [0.25, 0.3) is 0 Å². The maximum absolute atomic E-state index is 11.4. The van der Waals surface area contributed by atoms with Gasteiger partial charge in [0.2, 0.25) is 5.89 Å². The van der Waals surface area contributed by atoms with Crippen LogP contribution < -0.4 is 10.6 Å². The van der Waals surface area contributed by atoms with Crippen molar-refractivity contribution in [2.24, 2.45) is 0 Å². The molecule has 1 aromatic heterocycles. The molecular formula is C11H17N3O5. The summed E-state index contributed by atoms with van der Waals surface area (Å²) in [7, 11) is 0. The van der Waals surface area contributed by atoms with Crippen LogP contribution in [-0.2, 0) is 17.8 Å². The van der Waals surface area contributed by atoms with Gasteiger partial charge in [-0.3, -0.25) is 0 Å². The van der Waals surface area contributed by atoms with E-state index in [1.807, 2.05) is 6.92 Å². The smallest absolute Gasteiger partial charge is 0.328 e. The number of nitrogens with zero attached hydrogens (tertiary/aromatic N) is 1. The molecule has 106 valence electrons. The van der Waals surface area contributed by atoms with Crippen LogP contribution in [0, 0.1) is 0 Å². The number of hydrogen-bond donors (Lipinski definition) is 4. The van der Waals surface area contributed by atoms with E-state index < -0.39 is 24.1 Å². The van der Waals surface area contributed by atoms with Gasteiger partial charge in [-0.25, -0.2) is 14.6 Å². The Hall–Kier alpha value is -2.09. The Morgan fingerprint density at radius 2 is 2.21 bits per heavy atom. The molecule has 1 heterocycles. The Labute approximate surface area is 109 Å². The Balaban J connectivity index is 2.44. The van der Waals surface area contributed by atoms with Crippen LogP contribution in [0.1, 0.15) is 25.5 Å². The van der Waals surface area contributed by atoms with Gasteiger partial charge in [-0.05, 0) is 6.92 Å². The van der Waals surface area contributed by atoms with E-state index >= 15 is 0 Å². The van der Waals surface area contributed by atoms with Crippen LogP contribution >= 0.6 is 0 Å². The normalized spacial score (nSPS) is 13.6. The Morgan fingerprint density at radius 3 is 2.68 bits per heavy atom. The van der Waals surface area contributed by atoms with Crippen molar-refractivity contribution in [3.05, 3.63) is 17.8 Å². The zero-order chi connectivity index (χ0) is 14.4. The maximum atomic E-state index is 11.4. The average molecular weight is 271 g/mol. The Morgan fingerprint density at radius 1 is 1.53 bits per heavy atom.